The van der Waals surface area contributed by atoms with Crippen LogP contribution in [0, 0.1) is 0 Å². The molecule has 7 heteroatoms. The van der Waals surface area contributed by atoms with Crippen LogP contribution in [0.4, 0.5) is 5.13 Å². The molecule has 3 aromatic rings. The van der Waals surface area contributed by atoms with Crippen molar-refractivity contribution in [2.24, 2.45) is 0 Å². The molecule has 0 aliphatic carbocycles. The maximum absolute atomic E-state index is 12.3. The van der Waals surface area contributed by atoms with Gasteiger partial charge in [0, 0.05) is 10.6 Å². The number of halogens is 2. The predicted molar refractivity (Wildman–Crippen MR) is 99.8 cm³/mol. The van der Waals surface area contributed by atoms with Crippen LogP contribution in [-0.2, 0) is 0 Å². The number of benzene rings is 2. The van der Waals surface area contributed by atoms with Crippen LogP contribution in [0.5, 0.6) is 5.75 Å². The summed E-state index contributed by atoms with van der Waals surface area (Å²) in [6, 6.07) is 10.4. The first-order valence-corrected chi connectivity index (χ1v) is 8.83. The Kier molecular flexibility index (Phi) is 4.94. The summed E-state index contributed by atoms with van der Waals surface area (Å²) >= 11 is 13.4. The van der Waals surface area contributed by atoms with E-state index >= 15 is 0 Å². The molecule has 1 N–H and O–H groups in total. The molecular formula is C17H14Cl2N2O2S. The van der Waals surface area contributed by atoms with Crippen LogP contribution in [0.3, 0.4) is 0 Å². The van der Waals surface area contributed by atoms with Crippen molar-refractivity contribution in [1.82, 2.24) is 4.98 Å². The van der Waals surface area contributed by atoms with Crippen molar-refractivity contribution in [3.8, 4) is 5.75 Å². The van der Waals surface area contributed by atoms with E-state index < -0.39 is 0 Å². The average molecular weight is 381 g/mol. The first-order chi connectivity index (χ1) is 11.4. The quantitative estimate of drug-likeness (QED) is 0.636. The minimum absolute atomic E-state index is 0.0870. The largest absolute Gasteiger partial charge is 0.491 e. The zero-order chi connectivity index (χ0) is 17.3. The molecule has 0 spiro atoms. The van der Waals surface area contributed by atoms with E-state index in [0.717, 1.165) is 10.4 Å². The Balaban J connectivity index is 1.78. The Labute approximate surface area is 153 Å². The van der Waals surface area contributed by atoms with E-state index in [1.54, 1.807) is 36.4 Å². The third kappa shape index (κ3) is 3.80. The molecule has 0 saturated heterocycles. The summed E-state index contributed by atoms with van der Waals surface area (Å²) in [5, 5.41) is 4.25. The second-order valence-corrected chi connectivity index (χ2v) is 7.27. The van der Waals surface area contributed by atoms with Gasteiger partial charge in [-0.3, -0.25) is 10.1 Å². The number of nitrogens with one attached hydrogen (secondary N) is 1. The maximum atomic E-state index is 12.3. The highest BCUT2D eigenvalue weighted by Gasteiger charge is 2.12. The highest BCUT2D eigenvalue weighted by Crippen LogP contribution is 2.33. The Morgan fingerprint density at radius 3 is 2.58 bits per heavy atom. The fourth-order valence-corrected chi connectivity index (χ4v) is 3.72. The topological polar surface area (TPSA) is 51.2 Å². The van der Waals surface area contributed by atoms with Crippen molar-refractivity contribution in [3.05, 3.63) is 52.0 Å². The minimum Gasteiger partial charge on any atom is -0.491 e. The number of carbonyl (C=O) groups excluding carboxylic acids is 1. The molecule has 0 fully saturated rings. The number of ether oxygens (including phenoxy) is 1. The monoisotopic (exact) mass is 380 g/mol. The molecule has 0 aliphatic heterocycles. The third-order valence-electron chi connectivity index (χ3n) is 3.12. The number of aromatic nitrogens is 1. The van der Waals surface area contributed by atoms with Gasteiger partial charge in [0.15, 0.2) is 5.13 Å². The SMILES string of the molecule is CC(C)Oc1ccc(C(=O)Nc2nc3c(Cl)cc(Cl)cc3s2)cc1. The molecule has 1 heterocycles. The number of hydrogen-bond acceptors (Lipinski definition) is 4. The third-order valence-corrected chi connectivity index (χ3v) is 4.55. The molecule has 124 valence electrons. The number of anilines is 1. The number of fused-ring (bicyclic) bond motifs is 1. The van der Waals surface area contributed by atoms with E-state index in [9.17, 15) is 4.79 Å². The molecule has 0 saturated carbocycles. The van der Waals surface area contributed by atoms with Gasteiger partial charge in [-0.15, -0.1) is 0 Å². The first-order valence-electron chi connectivity index (χ1n) is 7.26. The molecule has 0 bridgehead atoms. The number of amides is 1. The predicted octanol–water partition coefficient (Wildman–Crippen LogP) is 5.64. The Morgan fingerprint density at radius 1 is 1.21 bits per heavy atom. The van der Waals surface area contributed by atoms with Gasteiger partial charge in [0.2, 0.25) is 0 Å². The number of rotatable bonds is 4. The fourth-order valence-electron chi connectivity index (χ4n) is 2.14. The number of hydrogen-bond donors (Lipinski definition) is 1. The van der Waals surface area contributed by atoms with Crippen molar-refractivity contribution >= 4 is 55.8 Å². The van der Waals surface area contributed by atoms with Gasteiger partial charge in [0.05, 0.1) is 15.8 Å². The van der Waals surface area contributed by atoms with Gasteiger partial charge in [-0.05, 0) is 50.2 Å². The standard InChI is InChI=1S/C17H14Cl2N2O2S/c1-9(2)23-12-5-3-10(4-6-12)16(22)21-17-20-15-13(19)7-11(18)8-14(15)24-17/h3-9H,1-2H3,(H,20,21,22). The van der Waals surface area contributed by atoms with Crippen LogP contribution < -0.4 is 10.1 Å². The van der Waals surface area contributed by atoms with Gasteiger partial charge in [-0.1, -0.05) is 34.5 Å². The number of thiazole rings is 1. The Bertz CT molecular complexity index is 891. The summed E-state index contributed by atoms with van der Waals surface area (Å²) in [5.74, 6) is 0.482. The summed E-state index contributed by atoms with van der Waals surface area (Å²) in [5.41, 5.74) is 1.15. The van der Waals surface area contributed by atoms with Crippen LogP contribution in [0.15, 0.2) is 36.4 Å². The summed E-state index contributed by atoms with van der Waals surface area (Å²) in [6.45, 7) is 3.90. The van der Waals surface area contributed by atoms with Gasteiger partial charge in [-0.2, -0.15) is 0 Å². The van der Waals surface area contributed by atoms with Crippen molar-refractivity contribution in [2.75, 3.05) is 5.32 Å². The molecule has 1 amide bonds. The lowest BCUT2D eigenvalue weighted by molar-refractivity contribution is 0.102. The smallest absolute Gasteiger partial charge is 0.257 e. The zero-order valence-corrected chi connectivity index (χ0v) is 15.3. The highest BCUT2D eigenvalue weighted by molar-refractivity contribution is 7.22. The van der Waals surface area contributed by atoms with Gasteiger partial charge in [-0.25, -0.2) is 4.98 Å². The van der Waals surface area contributed by atoms with Crippen LogP contribution in [0.1, 0.15) is 24.2 Å². The molecule has 0 aliphatic rings. The zero-order valence-electron chi connectivity index (χ0n) is 13.0. The summed E-state index contributed by atoms with van der Waals surface area (Å²) in [4.78, 5) is 16.7. The molecule has 24 heavy (non-hydrogen) atoms. The van der Waals surface area contributed by atoms with E-state index in [-0.39, 0.29) is 12.0 Å². The normalized spacial score (nSPS) is 11.0. The molecule has 2 aromatic carbocycles. The second kappa shape index (κ2) is 6.97. The molecule has 3 rings (SSSR count). The van der Waals surface area contributed by atoms with Gasteiger partial charge < -0.3 is 4.74 Å². The average Bonchev–Trinajstić information content (AvgIpc) is 2.90. The summed E-state index contributed by atoms with van der Waals surface area (Å²) in [7, 11) is 0. The van der Waals surface area contributed by atoms with Crippen molar-refractivity contribution in [1.29, 1.82) is 0 Å². The second-order valence-electron chi connectivity index (χ2n) is 5.40. The van der Waals surface area contributed by atoms with Gasteiger partial charge >= 0.3 is 0 Å². The van der Waals surface area contributed by atoms with Gasteiger partial charge in [0.25, 0.3) is 5.91 Å². The van der Waals surface area contributed by atoms with E-state index in [2.05, 4.69) is 10.3 Å². The van der Waals surface area contributed by atoms with Gasteiger partial charge in [0.1, 0.15) is 11.3 Å². The molecule has 4 nitrogen and oxygen atoms in total. The fraction of sp³-hybridized carbons (Fsp3) is 0.176. The van der Waals surface area contributed by atoms with E-state index in [1.807, 2.05) is 13.8 Å². The van der Waals surface area contributed by atoms with Crippen LogP contribution >= 0.6 is 34.5 Å². The minimum atomic E-state index is -0.243. The van der Waals surface area contributed by atoms with E-state index in [4.69, 9.17) is 27.9 Å². The summed E-state index contributed by atoms with van der Waals surface area (Å²) < 4.78 is 6.38. The van der Waals surface area contributed by atoms with E-state index in [1.165, 1.54) is 11.3 Å². The lowest BCUT2D eigenvalue weighted by atomic mass is 10.2. The molecule has 0 radical (unpaired) electrons. The van der Waals surface area contributed by atoms with Crippen LogP contribution in [0.2, 0.25) is 10.0 Å². The highest BCUT2D eigenvalue weighted by atomic mass is 35.5. The first kappa shape index (κ1) is 17.0. The maximum Gasteiger partial charge on any atom is 0.257 e. The molecule has 0 unspecified atom stereocenters. The Morgan fingerprint density at radius 2 is 1.92 bits per heavy atom. The number of nitrogens with zero attached hydrogens (tertiary/aromatic N) is 1. The number of carbonyl (C=O) groups is 1. The molecule has 0 atom stereocenters. The Hall–Kier alpha value is -1.82. The van der Waals surface area contributed by atoms with Crippen molar-refractivity contribution in [3.63, 3.8) is 0 Å². The van der Waals surface area contributed by atoms with E-state index in [0.29, 0.717) is 26.3 Å². The summed E-state index contributed by atoms with van der Waals surface area (Å²) in [6.07, 6.45) is 0.0870. The van der Waals surface area contributed by atoms with Crippen LogP contribution in [0.25, 0.3) is 10.2 Å². The van der Waals surface area contributed by atoms with Crippen molar-refractivity contribution in [2.45, 2.75) is 20.0 Å². The van der Waals surface area contributed by atoms with Crippen LogP contribution in [-0.4, -0.2) is 17.0 Å². The van der Waals surface area contributed by atoms with Crippen molar-refractivity contribution < 1.29 is 9.53 Å². The lowest BCUT2D eigenvalue weighted by Crippen LogP contribution is -2.12. The molecule has 1 aromatic heterocycles. The lowest BCUT2D eigenvalue weighted by Gasteiger charge is -2.09. The molecular weight excluding hydrogens is 367 g/mol.